The van der Waals surface area contributed by atoms with Crippen molar-refractivity contribution in [1.82, 2.24) is 14.8 Å². The lowest BCUT2D eigenvalue weighted by molar-refractivity contribution is -0.115. The predicted molar refractivity (Wildman–Crippen MR) is 108 cm³/mol. The van der Waals surface area contributed by atoms with E-state index in [-0.39, 0.29) is 5.91 Å². The summed E-state index contributed by atoms with van der Waals surface area (Å²) in [6, 6.07) is 12.6. The standard InChI is InChI=1S/C18H16Cl2N4O2S/c1-11(17(25)22-15-8-4-7-14(19)16(15)20)27-18-23-21-10-24(18)12-5-3-6-13(9-12)26-2/h3-11H,1-2H3,(H,22,25). The van der Waals surface area contributed by atoms with Crippen LogP contribution in [0.4, 0.5) is 5.69 Å². The minimum atomic E-state index is -0.436. The molecule has 9 heteroatoms. The zero-order chi connectivity index (χ0) is 19.4. The second-order valence-corrected chi connectivity index (χ2v) is 7.63. The molecule has 0 bridgehead atoms. The Kier molecular flexibility index (Phi) is 6.26. The van der Waals surface area contributed by atoms with Gasteiger partial charge in [-0.25, -0.2) is 0 Å². The summed E-state index contributed by atoms with van der Waals surface area (Å²) in [6.07, 6.45) is 1.59. The number of nitrogens with zero attached hydrogens (tertiary/aromatic N) is 3. The highest BCUT2D eigenvalue weighted by Crippen LogP contribution is 2.31. The Balaban J connectivity index is 1.75. The molecule has 2 aromatic carbocycles. The highest BCUT2D eigenvalue weighted by Gasteiger charge is 2.20. The number of hydrogen-bond donors (Lipinski definition) is 1. The fourth-order valence-electron chi connectivity index (χ4n) is 2.29. The van der Waals surface area contributed by atoms with Crippen molar-refractivity contribution in [2.75, 3.05) is 12.4 Å². The molecular formula is C18H16Cl2N4O2S. The molecule has 1 atom stereocenters. The minimum Gasteiger partial charge on any atom is -0.497 e. The Hall–Kier alpha value is -2.22. The average Bonchev–Trinajstić information content (AvgIpc) is 3.13. The molecule has 0 radical (unpaired) electrons. The first-order valence-electron chi connectivity index (χ1n) is 7.95. The summed E-state index contributed by atoms with van der Waals surface area (Å²) < 4.78 is 7.05. The third-order valence-electron chi connectivity index (χ3n) is 3.71. The van der Waals surface area contributed by atoms with Gasteiger partial charge in [-0.1, -0.05) is 47.1 Å². The van der Waals surface area contributed by atoms with Gasteiger partial charge in [0.05, 0.1) is 33.8 Å². The Morgan fingerprint density at radius 1 is 1.26 bits per heavy atom. The Labute approximate surface area is 170 Å². The van der Waals surface area contributed by atoms with Crippen molar-refractivity contribution in [2.24, 2.45) is 0 Å². The summed E-state index contributed by atoms with van der Waals surface area (Å²) in [7, 11) is 1.61. The van der Waals surface area contributed by atoms with Gasteiger partial charge in [0.2, 0.25) is 5.91 Å². The maximum atomic E-state index is 12.5. The molecule has 1 aromatic heterocycles. The number of carbonyl (C=O) groups excluding carboxylic acids is 1. The zero-order valence-electron chi connectivity index (χ0n) is 14.5. The maximum absolute atomic E-state index is 12.5. The number of anilines is 1. The van der Waals surface area contributed by atoms with Gasteiger partial charge in [-0.2, -0.15) is 0 Å². The van der Waals surface area contributed by atoms with Crippen LogP contribution < -0.4 is 10.1 Å². The van der Waals surface area contributed by atoms with Crippen LogP contribution in [0, 0.1) is 0 Å². The van der Waals surface area contributed by atoms with Gasteiger partial charge >= 0.3 is 0 Å². The van der Waals surface area contributed by atoms with E-state index in [1.807, 2.05) is 24.3 Å². The van der Waals surface area contributed by atoms with E-state index in [0.717, 1.165) is 11.4 Å². The van der Waals surface area contributed by atoms with Crippen molar-refractivity contribution in [3.8, 4) is 11.4 Å². The molecule has 0 fully saturated rings. The van der Waals surface area contributed by atoms with Crippen LogP contribution >= 0.6 is 35.0 Å². The van der Waals surface area contributed by atoms with Crippen molar-refractivity contribution in [3.05, 3.63) is 58.8 Å². The van der Waals surface area contributed by atoms with E-state index < -0.39 is 5.25 Å². The second-order valence-electron chi connectivity index (χ2n) is 5.54. The first-order chi connectivity index (χ1) is 13.0. The molecule has 0 spiro atoms. The molecule has 0 aliphatic rings. The molecule has 1 amide bonds. The number of methoxy groups -OCH3 is 1. The predicted octanol–water partition coefficient (Wildman–Crippen LogP) is 4.70. The lowest BCUT2D eigenvalue weighted by Gasteiger charge is -2.14. The molecule has 1 N–H and O–H groups in total. The van der Waals surface area contributed by atoms with Gasteiger partial charge in [0.25, 0.3) is 0 Å². The molecule has 0 saturated heterocycles. The van der Waals surface area contributed by atoms with Gasteiger partial charge in [-0.15, -0.1) is 10.2 Å². The number of thioether (sulfide) groups is 1. The van der Waals surface area contributed by atoms with Crippen LogP contribution in [0.1, 0.15) is 6.92 Å². The molecule has 3 rings (SSSR count). The molecule has 27 heavy (non-hydrogen) atoms. The topological polar surface area (TPSA) is 69.0 Å². The molecule has 0 aliphatic heterocycles. The van der Waals surface area contributed by atoms with Gasteiger partial charge in [0.15, 0.2) is 5.16 Å². The fourth-order valence-corrected chi connectivity index (χ4v) is 3.48. The Morgan fingerprint density at radius 3 is 2.81 bits per heavy atom. The van der Waals surface area contributed by atoms with Crippen LogP contribution in [0.15, 0.2) is 53.9 Å². The van der Waals surface area contributed by atoms with E-state index in [9.17, 15) is 4.79 Å². The fraction of sp³-hybridized carbons (Fsp3) is 0.167. The number of nitrogens with one attached hydrogen (secondary N) is 1. The van der Waals surface area contributed by atoms with Crippen molar-refractivity contribution in [1.29, 1.82) is 0 Å². The molecular weight excluding hydrogens is 407 g/mol. The third-order valence-corrected chi connectivity index (χ3v) is 5.58. The van der Waals surface area contributed by atoms with Crippen LogP contribution in [0.2, 0.25) is 10.0 Å². The van der Waals surface area contributed by atoms with Crippen molar-refractivity contribution < 1.29 is 9.53 Å². The number of benzene rings is 2. The summed E-state index contributed by atoms with van der Waals surface area (Å²) in [4.78, 5) is 12.5. The quantitative estimate of drug-likeness (QED) is 0.582. The lowest BCUT2D eigenvalue weighted by atomic mass is 10.3. The molecule has 140 valence electrons. The minimum absolute atomic E-state index is 0.218. The van der Waals surface area contributed by atoms with E-state index >= 15 is 0 Å². The van der Waals surface area contributed by atoms with E-state index in [0.29, 0.717) is 20.9 Å². The molecule has 1 heterocycles. The number of hydrogen-bond acceptors (Lipinski definition) is 5. The third kappa shape index (κ3) is 4.55. The van der Waals surface area contributed by atoms with E-state index in [1.165, 1.54) is 11.8 Å². The van der Waals surface area contributed by atoms with Crippen LogP contribution in [0.5, 0.6) is 5.75 Å². The number of halogens is 2. The Bertz CT molecular complexity index is 964. The highest BCUT2D eigenvalue weighted by atomic mass is 35.5. The van der Waals surface area contributed by atoms with E-state index in [2.05, 4.69) is 15.5 Å². The zero-order valence-corrected chi connectivity index (χ0v) is 16.8. The number of amides is 1. The van der Waals surface area contributed by atoms with E-state index in [4.69, 9.17) is 27.9 Å². The average molecular weight is 423 g/mol. The molecule has 0 saturated carbocycles. The van der Waals surface area contributed by atoms with Gasteiger partial charge in [-0.05, 0) is 31.2 Å². The summed E-state index contributed by atoms with van der Waals surface area (Å²) in [5.41, 5.74) is 1.31. The number of rotatable bonds is 6. The first-order valence-corrected chi connectivity index (χ1v) is 9.59. The van der Waals surface area contributed by atoms with Crippen LogP contribution in [0.3, 0.4) is 0 Å². The molecule has 6 nitrogen and oxygen atoms in total. The van der Waals surface area contributed by atoms with E-state index in [1.54, 1.807) is 43.1 Å². The summed E-state index contributed by atoms with van der Waals surface area (Å²) in [5.74, 6) is 0.503. The summed E-state index contributed by atoms with van der Waals surface area (Å²) in [5, 5.41) is 11.7. The molecule has 0 aliphatic carbocycles. The SMILES string of the molecule is COc1cccc(-n2cnnc2SC(C)C(=O)Nc2cccc(Cl)c2Cl)c1. The number of carbonyl (C=O) groups is 1. The van der Waals surface area contributed by atoms with Crippen LogP contribution in [0.25, 0.3) is 5.69 Å². The van der Waals surface area contributed by atoms with Gasteiger partial charge < -0.3 is 10.1 Å². The maximum Gasteiger partial charge on any atom is 0.237 e. The van der Waals surface area contributed by atoms with Gasteiger partial charge in [0.1, 0.15) is 12.1 Å². The second kappa shape index (κ2) is 8.65. The van der Waals surface area contributed by atoms with Crippen LogP contribution in [-0.4, -0.2) is 33.0 Å². The smallest absolute Gasteiger partial charge is 0.237 e. The summed E-state index contributed by atoms with van der Waals surface area (Å²) >= 11 is 13.4. The van der Waals surface area contributed by atoms with Crippen molar-refractivity contribution in [2.45, 2.75) is 17.3 Å². The monoisotopic (exact) mass is 422 g/mol. The largest absolute Gasteiger partial charge is 0.497 e. The Morgan fingerprint density at radius 2 is 2.04 bits per heavy atom. The van der Waals surface area contributed by atoms with Crippen molar-refractivity contribution >= 4 is 46.6 Å². The van der Waals surface area contributed by atoms with Crippen LogP contribution in [-0.2, 0) is 4.79 Å². The van der Waals surface area contributed by atoms with Crippen molar-refractivity contribution in [3.63, 3.8) is 0 Å². The molecule has 3 aromatic rings. The van der Waals surface area contributed by atoms with Gasteiger partial charge in [0, 0.05) is 6.07 Å². The normalized spacial score (nSPS) is 11.9. The van der Waals surface area contributed by atoms with Gasteiger partial charge in [-0.3, -0.25) is 9.36 Å². The summed E-state index contributed by atoms with van der Waals surface area (Å²) in [6.45, 7) is 1.78. The number of ether oxygens (including phenoxy) is 1. The molecule has 1 unspecified atom stereocenters. The lowest BCUT2D eigenvalue weighted by Crippen LogP contribution is -2.23. The number of aromatic nitrogens is 3. The first kappa shape index (κ1) is 19.5. The highest BCUT2D eigenvalue weighted by molar-refractivity contribution is 8.00.